The molecule has 0 aromatic heterocycles. The fourth-order valence-electron chi connectivity index (χ4n) is 0.725. The first-order valence-corrected chi connectivity index (χ1v) is 5.16. The predicted octanol–water partition coefficient (Wildman–Crippen LogP) is 2.45. The fraction of sp³-hybridized carbons (Fsp3) is 1.00. The molecule has 0 aromatic carbocycles. The quantitative estimate of drug-likeness (QED) is 0.415. The van der Waals surface area contributed by atoms with Crippen molar-refractivity contribution in [3.63, 3.8) is 0 Å². The van der Waals surface area contributed by atoms with Crippen LogP contribution >= 0.6 is 11.6 Å². The molecule has 0 aliphatic carbocycles. The van der Waals surface area contributed by atoms with Crippen molar-refractivity contribution in [2.24, 2.45) is 0 Å². The average molecular weight is 195 g/mol. The van der Waals surface area contributed by atoms with Crippen LogP contribution in [-0.4, -0.2) is 32.3 Å². The molecule has 0 spiro atoms. The van der Waals surface area contributed by atoms with Crippen LogP contribution < -0.4 is 0 Å². The normalized spacial score (nSPS) is 10.5. The fourth-order valence-corrected chi connectivity index (χ4v) is 0.834. The Morgan fingerprint density at radius 3 is 2.00 bits per heavy atom. The highest BCUT2D eigenvalue weighted by Crippen LogP contribution is 1.89. The number of alkyl halides is 1. The largest absolute Gasteiger partial charge is 0.379 e. The van der Waals surface area contributed by atoms with E-state index in [1.807, 2.05) is 0 Å². The molecule has 0 aliphatic heterocycles. The molecule has 0 amide bonds. The lowest BCUT2D eigenvalue weighted by Gasteiger charge is -2.03. The van der Waals surface area contributed by atoms with Gasteiger partial charge in [-0.15, -0.1) is 11.6 Å². The van der Waals surface area contributed by atoms with Gasteiger partial charge in [0.05, 0.1) is 13.2 Å². The maximum Gasteiger partial charge on any atom is 0.0700 e. The van der Waals surface area contributed by atoms with Crippen LogP contribution in [-0.2, 0) is 9.47 Å². The van der Waals surface area contributed by atoms with Crippen LogP contribution in [0.25, 0.3) is 0 Å². The molecule has 0 fully saturated rings. The number of hydrogen-bond acceptors (Lipinski definition) is 2. The summed E-state index contributed by atoms with van der Waals surface area (Å²) in [5.74, 6) is 0.677. The van der Waals surface area contributed by atoms with E-state index < -0.39 is 0 Å². The van der Waals surface area contributed by atoms with E-state index in [-0.39, 0.29) is 0 Å². The van der Waals surface area contributed by atoms with Crippen molar-refractivity contribution in [1.82, 2.24) is 0 Å². The Morgan fingerprint density at radius 1 is 0.917 bits per heavy atom. The molecular weight excluding hydrogens is 176 g/mol. The van der Waals surface area contributed by atoms with Gasteiger partial charge < -0.3 is 9.47 Å². The standard InChI is InChI=1S/C9H19ClO2/c1-2-3-6-11-8-9-12-7-4-5-10/h2-9H2,1H3. The summed E-state index contributed by atoms with van der Waals surface area (Å²) in [5.41, 5.74) is 0. The minimum absolute atomic E-state index is 0.677. The van der Waals surface area contributed by atoms with Crippen LogP contribution in [0.4, 0.5) is 0 Å². The van der Waals surface area contributed by atoms with Crippen LogP contribution in [0.2, 0.25) is 0 Å². The van der Waals surface area contributed by atoms with E-state index in [1.54, 1.807) is 0 Å². The summed E-state index contributed by atoms with van der Waals surface area (Å²) in [4.78, 5) is 0. The van der Waals surface area contributed by atoms with Crippen molar-refractivity contribution in [1.29, 1.82) is 0 Å². The highest BCUT2D eigenvalue weighted by Gasteiger charge is 1.89. The third-order valence-electron chi connectivity index (χ3n) is 1.44. The number of ether oxygens (including phenoxy) is 2. The van der Waals surface area contributed by atoms with Crippen LogP contribution in [0, 0.1) is 0 Å². The van der Waals surface area contributed by atoms with Crippen molar-refractivity contribution < 1.29 is 9.47 Å². The van der Waals surface area contributed by atoms with Crippen LogP contribution in [0.1, 0.15) is 26.2 Å². The van der Waals surface area contributed by atoms with E-state index in [0.717, 1.165) is 26.1 Å². The van der Waals surface area contributed by atoms with E-state index in [0.29, 0.717) is 19.1 Å². The molecule has 3 heteroatoms. The Labute approximate surface area is 80.2 Å². The maximum absolute atomic E-state index is 5.47. The Kier molecular flexibility index (Phi) is 11.4. The third kappa shape index (κ3) is 10.2. The maximum atomic E-state index is 5.47. The summed E-state index contributed by atoms with van der Waals surface area (Å²) < 4.78 is 10.5. The van der Waals surface area contributed by atoms with E-state index in [1.165, 1.54) is 6.42 Å². The van der Waals surface area contributed by atoms with Crippen LogP contribution in [0.5, 0.6) is 0 Å². The second-order valence-electron chi connectivity index (χ2n) is 2.62. The number of unbranched alkanes of at least 4 members (excludes halogenated alkanes) is 1. The summed E-state index contributed by atoms with van der Waals surface area (Å²) >= 11 is 5.47. The minimum Gasteiger partial charge on any atom is -0.379 e. The zero-order valence-electron chi connectivity index (χ0n) is 7.85. The second kappa shape index (κ2) is 11.2. The second-order valence-corrected chi connectivity index (χ2v) is 3.00. The van der Waals surface area contributed by atoms with Crippen molar-refractivity contribution in [3.05, 3.63) is 0 Å². The zero-order valence-corrected chi connectivity index (χ0v) is 8.61. The first-order chi connectivity index (χ1) is 5.91. The molecular formula is C9H19ClO2. The number of rotatable bonds is 9. The van der Waals surface area contributed by atoms with Gasteiger partial charge in [-0.05, 0) is 12.8 Å². The molecule has 74 valence electrons. The Balaban J connectivity index is 2.73. The lowest BCUT2D eigenvalue weighted by molar-refractivity contribution is 0.0472. The van der Waals surface area contributed by atoms with E-state index in [2.05, 4.69) is 6.92 Å². The minimum atomic E-state index is 0.677. The van der Waals surface area contributed by atoms with Gasteiger partial charge in [0.15, 0.2) is 0 Å². The lowest BCUT2D eigenvalue weighted by atomic mass is 10.4. The van der Waals surface area contributed by atoms with E-state index >= 15 is 0 Å². The topological polar surface area (TPSA) is 18.5 Å². The molecule has 0 aliphatic rings. The van der Waals surface area contributed by atoms with Crippen molar-refractivity contribution in [2.75, 3.05) is 32.3 Å². The molecule has 0 heterocycles. The van der Waals surface area contributed by atoms with Gasteiger partial charge in [-0.25, -0.2) is 0 Å². The molecule has 0 N–H and O–H groups in total. The third-order valence-corrected chi connectivity index (χ3v) is 1.70. The first-order valence-electron chi connectivity index (χ1n) is 4.63. The van der Waals surface area contributed by atoms with Gasteiger partial charge in [0.1, 0.15) is 0 Å². The monoisotopic (exact) mass is 194 g/mol. The first kappa shape index (κ1) is 12.2. The number of halogens is 1. The molecule has 0 saturated heterocycles. The molecule has 0 atom stereocenters. The molecule has 0 unspecified atom stereocenters. The molecule has 2 nitrogen and oxygen atoms in total. The number of hydrogen-bond donors (Lipinski definition) is 0. The highest BCUT2D eigenvalue weighted by molar-refractivity contribution is 6.17. The Morgan fingerprint density at radius 2 is 1.50 bits per heavy atom. The van der Waals surface area contributed by atoms with Gasteiger partial charge in [0.25, 0.3) is 0 Å². The summed E-state index contributed by atoms with van der Waals surface area (Å²) in [6.45, 7) is 5.17. The summed E-state index contributed by atoms with van der Waals surface area (Å²) in [6.07, 6.45) is 3.26. The molecule has 0 radical (unpaired) electrons. The highest BCUT2D eigenvalue weighted by atomic mass is 35.5. The molecule has 0 bridgehead atoms. The van der Waals surface area contributed by atoms with Crippen molar-refractivity contribution in [3.8, 4) is 0 Å². The van der Waals surface area contributed by atoms with Gasteiger partial charge >= 0.3 is 0 Å². The molecule has 12 heavy (non-hydrogen) atoms. The van der Waals surface area contributed by atoms with Gasteiger partial charge in [-0.2, -0.15) is 0 Å². The summed E-state index contributed by atoms with van der Waals surface area (Å²) in [5, 5.41) is 0. The van der Waals surface area contributed by atoms with Crippen LogP contribution in [0.3, 0.4) is 0 Å². The van der Waals surface area contributed by atoms with Gasteiger partial charge in [-0.3, -0.25) is 0 Å². The van der Waals surface area contributed by atoms with Crippen molar-refractivity contribution >= 4 is 11.6 Å². The molecule has 0 rings (SSSR count). The SMILES string of the molecule is CCCCOCCOCCCCl. The molecule has 0 saturated carbocycles. The summed E-state index contributed by atoms with van der Waals surface area (Å²) in [6, 6.07) is 0. The Hall–Kier alpha value is 0.210. The van der Waals surface area contributed by atoms with Gasteiger partial charge in [-0.1, -0.05) is 13.3 Å². The van der Waals surface area contributed by atoms with E-state index in [9.17, 15) is 0 Å². The van der Waals surface area contributed by atoms with Crippen molar-refractivity contribution in [2.45, 2.75) is 26.2 Å². The van der Waals surface area contributed by atoms with E-state index in [4.69, 9.17) is 21.1 Å². The summed E-state index contributed by atoms with van der Waals surface area (Å²) in [7, 11) is 0. The van der Waals surface area contributed by atoms with Crippen LogP contribution in [0.15, 0.2) is 0 Å². The predicted molar refractivity (Wildman–Crippen MR) is 51.9 cm³/mol. The molecule has 0 aromatic rings. The van der Waals surface area contributed by atoms with Gasteiger partial charge in [0, 0.05) is 19.1 Å². The smallest absolute Gasteiger partial charge is 0.0700 e. The Bertz CT molecular complexity index is 68.9. The average Bonchev–Trinajstić information content (AvgIpc) is 2.10. The van der Waals surface area contributed by atoms with Gasteiger partial charge in [0.2, 0.25) is 0 Å². The lowest BCUT2D eigenvalue weighted by Crippen LogP contribution is -2.06. The zero-order chi connectivity index (χ0) is 9.07.